The second-order valence-corrected chi connectivity index (χ2v) is 5.30. The molecular weight excluding hydrogens is 164 g/mol. The second-order valence-electron chi connectivity index (χ2n) is 5.30. The van der Waals surface area contributed by atoms with Gasteiger partial charge in [0.1, 0.15) is 6.29 Å². The first kappa shape index (κ1) is 10.7. The van der Waals surface area contributed by atoms with E-state index in [0.29, 0.717) is 12.3 Å². The van der Waals surface area contributed by atoms with Gasteiger partial charge in [0.05, 0.1) is 11.2 Å². The Labute approximate surface area is 80.7 Å². The van der Waals surface area contributed by atoms with Gasteiger partial charge in [0.2, 0.25) is 0 Å². The minimum atomic E-state index is -0.0740. The Morgan fingerprint density at radius 3 is 2.08 bits per heavy atom. The highest BCUT2D eigenvalue weighted by atomic mass is 16.5. The summed E-state index contributed by atoms with van der Waals surface area (Å²) in [5, 5.41) is 0. The molecule has 1 saturated heterocycles. The molecule has 1 rings (SSSR count). The summed E-state index contributed by atoms with van der Waals surface area (Å²) < 4.78 is 5.92. The van der Waals surface area contributed by atoms with E-state index in [9.17, 15) is 4.79 Å². The van der Waals surface area contributed by atoms with Crippen LogP contribution < -0.4 is 0 Å². The van der Waals surface area contributed by atoms with Gasteiger partial charge in [-0.15, -0.1) is 0 Å². The SMILES string of the molecule is CC1(C)CC(CC=O)CC(C)(C)O1. The van der Waals surface area contributed by atoms with Crippen molar-refractivity contribution in [3.8, 4) is 0 Å². The maximum absolute atomic E-state index is 10.5. The average Bonchev–Trinajstić information content (AvgIpc) is 1.78. The zero-order chi connectivity index (χ0) is 10.1. The first-order valence-corrected chi connectivity index (χ1v) is 4.98. The molecule has 0 saturated carbocycles. The fraction of sp³-hybridized carbons (Fsp3) is 0.909. The van der Waals surface area contributed by atoms with Gasteiger partial charge in [-0.1, -0.05) is 0 Å². The van der Waals surface area contributed by atoms with Crippen LogP contribution in [0.2, 0.25) is 0 Å². The molecule has 0 aliphatic carbocycles. The predicted octanol–water partition coefficient (Wildman–Crippen LogP) is 2.56. The van der Waals surface area contributed by atoms with Crippen LogP contribution in [0.3, 0.4) is 0 Å². The smallest absolute Gasteiger partial charge is 0.120 e. The number of ether oxygens (including phenoxy) is 1. The topological polar surface area (TPSA) is 26.3 Å². The van der Waals surface area contributed by atoms with E-state index in [4.69, 9.17) is 4.74 Å². The zero-order valence-corrected chi connectivity index (χ0v) is 9.09. The number of hydrogen-bond donors (Lipinski definition) is 0. The number of carbonyl (C=O) groups is 1. The Morgan fingerprint density at radius 1 is 1.23 bits per heavy atom. The van der Waals surface area contributed by atoms with Crippen LogP contribution in [0.5, 0.6) is 0 Å². The minimum absolute atomic E-state index is 0.0740. The maximum atomic E-state index is 10.5. The molecule has 76 valence electrons. The average molecular weight is 184 g/mol. The molecule has 0 atom stereocenters. The molecule has 2 nitrogen and oxygen atoms in total. The monoisotopic (exact) mass is 184 g/mol. The molecule has 0 aromatic rings. The maximum Gasteiger partial charge on any atom is 0.120 e. The van der Waals surface area contributed by atoms with E-state index in [1.165, 1.54) is 0 Å². The van der Waals surface area contributed by atoms with Gasteiger partial charge >= 0.3 is 0 Å². The predicted molar refractivity (Wildman–Crippen MR) is 52.6 cm³/mol. The Morgan fingerprint density at radius 2 is 1.69 bits per heavy atom. The Bertz CT molecular complexity index is 178. The molecule has 0 radical (unpaired) electrons. The third kappa shape index (κ3) is 3.11. The lowest BCUT2D eigenvalue weighted by molar-refractivity contribution is -0.173. The molecule has 0 aromatic carbocycles. The fourth-order valence-electron chi connectivity index (χ4n) is 2.60. The van der Waals surface area contributed by atoms with Gasteiger partial charge in [-0.2, -0.15) is 0 Å². The van der Waals surface area contributed by atoms with Gasteiger partial charge in [-0.25, -0.2) is 0 Å². The number of hydrogen-bond acceptors (Lipinski definition) is 2. The van der Waals surface area contributed by atoms with Crippen molar-refractivity contribution < 1.29 is 9.53 Å². The summed E-state index contributed by atoms with van der Waals surface area (Å²) >= 11 is 0. The Balaban J connectivity index is 2.66. The van der Waals surface area contributed by atoms with Crippen molar-refractivity contribution in [2.24, 2.45) is 5.92 Å². The lowest BCUT2D eigenvalue weighted by atomic mass is 9.79. The summed E-state index contributed by atoms with van der Waals surface area (Å²) in [5.41, 5.74) is -0.148. The lowest BCUT2D eigenvalue weighted by Crippen LogP contribution is -2.45. The van der Waals surface area contributed by atoms with Gasteiger partial charge in [-0.3, -0.25) is 0 Å². The summed E-state index contributed by atoms with van der Waals surface area (Å²) in [6.45, 7) is 8.41. The first-order chi connectivity index (χ1) is 5.85. The molecular formula is C11H20O2. The van der Waals surface area contributed by atoms with Gasteiger partial charge in [0, 0.05) is 6.42 Å². The summed E-state index contributed by atoms with van der Waals surface area (Å²) in [7, 11) is 0. The second kappa shape index (κ2) is 3.41. The van der Waals surface area contributed by atoms with Crippen LogP contribution in [0.4, 0.5) is 0 Å². The number of rotatable bonds is 2. The quantitative estimate of drug-likeness (QED) is 0.616. The molecule has 1 heterocycles. The van der Waals surface area contributed by atoms with Crippen LogP contribution in [-0.4, -0.2) is 17.5 Å². The Kier molecular flexibility index (Phi) is 2.81. The molecule has 1 aliphatic heterocycles. The van der Waals surface area contributed by atoms with Gasteiger partial charge in [0.25, 0.3) is 0 Å². The van der Waals surface area contributed by atoms with E-state index in [1.54, 1.807) is 0 Å². The molecule has 0 bridgehead atoms. The molecule has 0 aromatic heterocycles. The van der Waals surface area contributed by atoms with E-state index in [1.807, 2.05) is 0 Å². The van der Waals surface area contributed by atoms with Crippen molar-refractivity contribution in [3.63, 3.8) is 0 Å². The largest absolute Gasteiger partial charge is 0.370 e. The third-order valence-corrected chi connectivity index (χ3v) is 2.54. The zero-order valence-electron chi connectivity index (χ0n) is 9.09. The van der Waals surface area contributed by atoms with Crippen LogP contribution in [-0.2, 0) is 9.53 Å². The van der Waals surface area contributed by atoms with Crippen molar-refractivity contribution in [1.29, 1.82) is 0 Å². The van der Waals surface area contributed by atoms with Crippen molar-refractivity contribution in [2.75, 3.05) is 0 Å². The van der Waals surface area contributed by atoms with Crippen LogP contribution in [0, 0.1) is 5.92 Å². The normalized spacial score (nSPS) is 27.1. The molecule has 2 heteroatoms. The molecule has 1 fully saturated rings. The highest BCUT2D eigenvalue weighted by molar-refractivity contribution is 5.49. The fourth-order valence-corrected chi connectivity index (χ4v) is 2.60. The highest BCUT2D eigenvalue weighted by Crippen LogP contribution is 2.39. The van der Waals surface area contributed by atoms with Gasteiger partial charge in [-0.05, 0) is 46.5 Å². The highest BCUT2D eigenvalue weighted by Gasteiger charge is 2.38. The van der Waals surface area contributed by atoms with Gasteiger partial charge < -0.3 is 9.53 Å². The van der Waals surface area contributed by atoms with Crippen LogP contribution in [0.25, 0.3) is 0 Å². The van der Waals surface area contributed by atoms with Crippen LogP contribution in [0.1, 0.15) is 47.0 Å². The molecule has 0 unspecified atom stereocenters. The Hall–Kier alpha value is -0.370. The first-order valence-electron chi connectivity index (χ1n) is 4.98. The summed E-state index contributed by atoms with van der Waals surface area (Å²) in [5.74, 6) is 0.497. The van der Waals surface area contributed by atoms with Crippen LogP contribution in [0.15, 0.2) is 0 Å². The summed E-state index contributed by atoms with van der Waals surface area (Å²) in [4.78, 5) is 10.5. The van der Waals surface area contributed by atoms with E-state index < -0.39 is 0 Å². The van der Waals surface area contributed by atoms with Crippen molar-refractivity contribution in [2.45, 2.75) is 58.2 Å². The molecule has 0 N–H and O–H groups in total. The molecule has 0 amide bonds. The summed E-state index contributed by atoms with van der Waals surface area (Å²) in [6, 6.07) is 0. The third-order valence-electron chi connectivity index (χ3n) is 2.54. The van der Waals surface area contributed by atoms with Crippen LogP contribution >= 0.6 is 0 Å². The standard InChI is InChI=1S/C11H20O2/c1-10(2)7-9(5-6-12)8-11(3,4)13-10/h6,9H,5,7-8H2,1-4H3. The number of carbonyl (C=O) groups excluding carboxylic acids is 1. The number of aldehydes is 1. The lowest BCUT2D eigenvalue weighted by Gasteiger charge is -2.45. The van der Waals surface area contributed by atoms with E-state index >= 15 is 0 Å². The molecule has 13 heavy (non-hydrogen) atoms. The molecule has 0 spiro atoms. The van der Waals surface area contributed by atoms with Crippen molar-refractivity contribution in [1.82, 2.24) is 0 Å². The summed E-state index contributed by atoms with van der Waals surface area (Å²) in [6.07, 6.45) is 3.70. The van der Waals surface area contributed by atoms with Crippen molar-refractivity contribution >= 4 is 6.29 Å². The minimum Gasteiger partial charge on any atom is -0.370 e. The van der Waals surface area contributed by atoms with E-state index in [2.05, 4.69) is 27.7 Å². The van der Waals surface area contributed by atoms with Gasteiger partial charge in [0.15, 0.2) is 0 Å². The molecule has 1 aliphatic rings. The van der Waals surface area contributed by atoms with Crippen molar-refractivity contribution in [3.05, 3.63) is 0 Å². The van der Waals surface area contributed by atoms with E-state index in [-0.39, 0.29) is 11.2 Å². The van der Waals surface area contributed by atoms with E-state index in [0.717, 1.165) is 19.1 Å².